The molecule has 9 nitrogen and oxygen atoms in total. The van der Waals surface area contributed by atoms with Gasteiger partial charge in [0.25, 0.3) is 15.9 Å². The van der Waals surface area contributed by atoms with E-state index in [1.807, 2.05) is 0 Å². The number of anilines is 1. The number of amides is 1. The summed E-state index contributed by atoms with van der Waals surface area (Å²) in [7, 11) is -2.97. The predicted molar refractivity (Wildman–Crippen MR) is 138 cm³/mol. The van der Waals surface area contributed by atoms with Crippen molar-refractivity contribution in [1.82, 2.24) is 9.97 Å². The van der Waals surface area contributed by atoms with E-state index in [9.17, 15) is 13.2 Å². The number of hydrogen-bond donors (Lipinski definition) is 0. The van der Waals surface area contributed by atoms with Gasteiger partial charge in [0.2, 0.25) is 5.88 Å². The number of carbonyl (C=O) groups is 1. The van der Waals surface area contributed by atoms with Crippen LogP contribution >= 0.6 is 11.6 Å². The SMILES string of the molecule is [C-]#[N+]c1ccc2c(c1)C(c1ccc(Cl)nc1OCC)C(=O)N2S(=O)(=O)c1ccc(OC)c2cccnc12. The van der Waals surface area contributed by atoms with Gasteiger partial charge in [-0.15, -0.1) is 0 Å². The highest BCUT2D eigenvalue weighted by atomic mass is 35.5. The number of methoxy groups -OCH3 is 1. The molecule has 0 fully saturated rings. The third-order valence-electron chi connectivity index (χ3n) is 6.00. The Morgan fingerprint density at radius 3 is 2.68 bits per heavy atom. The van der Waals surface area contributed by atoms with Crippen molar-refractivity contribution in [2.75, 3.05) is 18.0 Å². The Bertz CT molecular complexity index is 1720. The lowest BCUT2D eigenvalue weighted by atomic mass is 9.93. The quantitative estimate of drug-likeness (QED) is 0.250. The van der Waals surface area contributed by atoms with E-state index in [2.05, 4.69) is 14.8 Å². The number of halogens is 1. The van der Waals surface area contributed by atoms with E-state index >= 15 is 0 Å². The van der Waals surface area contributed by atoms with Crippen molar-refractivity contribution in [3.05, 3.63) is 88.5 Å². The fourth-order valence-electron chi connectivity index (χ4n) is 4.45. The fraction of sp³-hybridized carbons (Fsp3) is 0.154. The van der Waals surface area contributed by atoms with Crippen LogP contribution in [0.4, 0.5) is 11.4 Å². The van der Waals surface area contributed by atoms with Crippen molar-refractivity contribution in [3.8, 4) is 11.6 Å². The van der Waals surface area contributed by atoms with Crippen LogP contribution in [0, 0.1) is 6.57 Å². The second kappa shape index (κ2) is 9.35. The van der Waals surface area contributed by atoms with E-state index in [0.29, 0.717) is 22.3 Å². The molecule has 37 heavy (non-hydrogen) atoms. The van der Waals surface area contributed by atoms with Gasteiger partial charge in [-0.1, -0.05) is 23.7 Å². The number of aromatic nitrogens is 2. The molecule has 2 aromatic heterocycles. The van der Waals surface area contributed by atoms with Crippen LogP contribution < -0.4 is 13.8 Å². The van der Waals surface area contributed by atoms with Crippen LogP contribution in [0.25, 0.3) is 15.7 Å². The monoisotopic (exact) mass is 534 g/mol. The Kier molecular flexibility index (Phi) is 6.19. The van der Waals surface area contributed by atoms with Crippen molar-refractivity contribution >= 4 is 49.8 Å². The Labute approximate surface area is 218 Å². The number of nitrogens with zero attached hydrogens (tertiary/aromatic N) is 4. The highest BCUT2D eigenvalue weighted by Gasteiger charge is 2.46. The minimum atomic E-state index is -4.45. The summed E-state index contributed by atoms with van der Waals surface area (Å²) in [5, 5.41) is 0.645. The van der Waals surface area contributed by atoms with Gasteiger partial charge in [0.05, 0.1) is 37.4 Å². The molecule has 186 valence electrons. The minimum Gasteiger partial charge on any atom is -0.496 e. The maximum atomic E-state index is 14.1. The molecule has 3 heterocycles. The van der Waals surface area contributed by atoms with Crippen molar-refractivity contribution in [1.29, 1.82) is 0 Å². The molecule has 0 bridgehead atoms. The average molecular weight is 535 g/mol. The predicted octanol–water partition coefficient (Wildman–Crippen LogP) is 5.11. The third kappa shape index (κ3) is 3.93. The number of pyridine rings is 2. The van der Waals surface area contributed by atoms with Gasteiger partial charge in [0.1, 0.15) is 15.8 Å². The van der Waals surface area contributed by atoms with Gasteiger partial charge in [0, 0.05) is 17.1 Å². The lowest BCUT2D eigenvalue weighted by Crippen LogP contribution is -2.35. The third-order valence-corrected chi connectivity index (χ3v) is 7.95. The summed E-state index contributed by atoms with van der Waals surface area (Å²) in [6, 6.07) is 13.8. The Morgan fingerprint density at radius 2 is 1.95 bits per heavy atom. The molecule has 1 unspecified atom stereocenters. The van der Waals surface area contributed by atoms with E-state index in [1.54, 1.807) is 25.1 Å². The molecular weight excluding hydrogens is 516 g/mol. The van der Waals surface area contributed by atoms with Gasteiger partial charge in [-0.3, -0.25) is 9.78 Å². The zero-order chi connectivity index (χ0) is 26.3. The number of sulfonamides is 1. The molecule has 0 N–H and O–H groups in total. The second-order valence-electron chi connectivity index (χ2n) is 8.02. The highest BCUT2D eigenvalue weighted by molar-refractivity contribution is 7.93. The molecule has 11 heteroatoms. The molecule has 0 saturated heterocycles. The van der Waals surface area contributed by atoms with Gasteiger partial charge >= 0.3 is 0 Å². The number of carbonyl (C=O) groups excluding carboxylic acids is 1. The van der Waals surface area contributed by atoms with Crippen LogP contribution in [0.3, 0.4) is 0 Å². The number of hydrogen-bond acceptors (Lipinski definition) is 7. The van der Waals surface area contributed by atoms with Crippen LogP contribution in [0.5, 0.6) is 11.6 Å². The molecule has 1 atom stereocenters. The first-order chi connectivity index (χ1) is 17.8. The summed E-state index contributed by atoms with van der Waals surface area (Å²) in [5.74, 6) is -1.26. The Balaban J connectivity index is 1.74. The number of ether oxygens (including phenoxy) is 2. The van der Waals surface area contributed by atoms with E-state index in [-0.39, 0.29) is 39.4 Å². The van der Waals surface area contributed by atoms with Crippen molar-refractivity contribution < 1.29 is 22.7 Å². The summed E-state index contributed by atoms with van der Waals surface area (Å²) in [5.41, 5.74) is 1.25. The standard InChI is InChI=1S/C26H19ClN4O5S/c1-4-36-25-17(8-12-22(27)30-25)23-18-14-15(28-2)7-9-19(18)31(26(23)32)37(33,34)21-11-10-20(35-3)16-6-5-13-29-24(16)21/h5-14,23H,4H2,1,3H3. The van der Waals surface area contributed by atoms with Gasteiger partial charge in [-0.2, -0.15) is 0 Å². The van der Waals surface area contributed by atoms with E-state index in [0.717, 1.165) is 4.31 Å². The molecule has 5 rings (SSSR count). The summed E-state index contributed by atoms with van der Waals surface area (Å²) in [4.78, 5) is 25.8. The van der Waals surface area contributed by atoms with Crippen LogP contribution in [-0.4, -0.2) is 38.0 Å². The molecule has 0 aliphatic carbocycles. The lowest BCUT2D eigenvalue weighted by molar-refractivity contribution is -0.117. The summed E-state index contributed by atoms with van der Waals surface area (Å²) < 4.78 is 40.0. The maximum absolute atomic E-state index is 14.1. The van der Waals surface area contributed by atoms with Gasteiger partial charge in [-0.05, 0) is 55.0 Å². The molecule has 0 radical (unpaired) electrons. The molecule has 1 aliphatic heterocycles. The highest BCUT2D eigenvalue weighted by Crippen LogP contribution is 2.48. The van der Waals surface area contributed by atoms with Gasteiger partial charge in [-0.25, -0.2) is 22.6 Å². The normalized spacial score (nSPS) is 14.9. The first-order valence-corrected chi connectivity index (χ1v) is 12.9. The minimum absolute atomic E-state index is 0.114. The van der Waals surface area contributed by atoms with Gasteiger partial charge in [0.15, 0.2) is 5.69 Å². The lowest BCUT2D eigenvalue weighted by Gasteiger charge is -2.20. The van der Waals surface area contributed by atoms with Crippen molar-refractivity contribution in [3.63, 3.8) is 0 Å². The van der Waals surface area contributed by atoms with Crippen LogP contribution in [0.1, 0.15) is 24.0 Å². The molecule has 1 aliphatic rings. The average Bonchev–Trinajstić information content (AvgIpc) is 3.19. The summed E-state index contributed by atoms with van der Waals surface area (Å²) in [6.07, 6.45) is 1.47. The van der Waals surface area contributed by atoms with E-state index in [1.165, 1.54) is 49.7 Å². The fourth-order valence-corrected chi connectivity index (χ4v) is 6.20. The van der Waals surface area contributed by atoms with Crippen LogP contribution in [-0.2, 0) is 14.8 Å². The largest absolute Gasteiger partial charge is 0.496 e. The molecular formula is C26H19ClN4O5S. The smallest absolute Gasteiger partial charge is 0.273 e. The zero-order valence-electron chi connectivity index (χ0n) is 19.7. The van der Waals surface area contributed by atoms with Gasteiger partial charge < -0.3 is 9.47 Å². The van der Waals surface area contributed by atoms with E-state index < -0.39 is 21.8 Å². The van der Waals surface area contributed by atoms with Crippen molar-refractivity contribution in [2.45, 2.75) is 17.7 Å². The summed E-state index contributed by atoms with van der Waals surface area (Å²) >= 11 is 6.07. The molecule has 0 spiro atoms. The Hall–Kier alpha value is -4.20. The molecule has 0 saturated carbocycles. The second-order valence-corrected chi connectivity index (χ2v) is 10.2. The maximum Gasteiger partial charge on any atom is 0.273 e. The number of rotatable bonds is 6. The topological polar surface area (TPSA) is 103 Å². The van der Waals surface area contributed by atoms with Crippen LogP contribution in [0.15, 0.2) is 65.7 Å². The first kappa shape index (κ1) is 24.5. The molecule has 1 amide bonds. The van der Waals surface area contributed by atoms with E-state index in [4.69, 9.17) is 27.6 Å². The zero-order valence-corrected chi connectivity index (χ0v) is 21.2. The molecule has 4 aromatic rings. The summed E-state index contributed by atoms with van der Waals surface area (Å²) in [6.45, 7) is 9.44. The first-order valence-electron chi connectivity index (χ1n) is 11.1. The molecule has 2 aromatic carbocycles. The van der Waals surface area contributed by atoms with Crippen LogP contribution in [0.2, 0.25) is 5.15 Å². The Morgan fingerprint density at radius 1 is 1.14 bits per heavy atom. The number of benzene rings is 2. The van der Waals surface area contributed by atoms with Crippen molar-refractivity contribution in [2.24, 2.45) is 0 Å². The number of fused-ring (bicyclic) bond motifs is 2.